The van der Waals surface area contributed by atoms with Crippen LogP contribution in [0, 0.1) is 0 Å². The van der Waals surface area contributed by atoms with Crippen molar-refractivity contribution in [2.24, 2.45) is 0 Å². The predicted octanol–water partition coefficient (Wildman–Crippen LogP) is 15.7. The van der Waals surface area contributed by atoms with Crippen molar-refractivity contribution in [3.8, 4) is 50.3 Å². The molecular weight excluding hydrogens is 737 g/mol. The molecule has 0 amide bonds. The molecular formula is C55H38N2OS. The number of nitrogens with one attached hydrogen (secondary N) is 1. The minimum Gasteiger partial charge on any atom is -0.464 e. The van der Waals surface area contributed by atoms with Crippen LogP contribution in [0.4, 0.5) is 22.7 Å². The van der Waals surface area contributed by atoms with Crippen molar-refractivity contribution in [3.05, 3.63) is 224 Å². The fourth-order valence-electron chi connectivity index (χ4n) is 8.34. The van der Waals surface area contributed by atoms with Crippen LogP contribution in [0.3, 0.4) is 0 Å². The van der Waals surface area contributed by atoms with Crippen molar-refractivity contribution in [2.75, 3.05) is 10.2 Å². The van der Waals surface area contributed by atoms with Gasteiger partial charge in [-0.25, -0.2) is 0 Å². The van der Waals surface area contributed by atoms with Gasteiger partial charge in [0.2, 0.25) is 0 Å². The summed E-state index contributed by atoms with van der Waals surface area (Å²) in [5.41, 5.74) is 14.9. The van der Waals surface area contributed by atoms with Gasteiger partial charge in [0.1, 0.15) is 5.75 Å². The standard InChI is InChI=1S/C55H38N2OS/c1-5-14-37(15-6-1)39-24-28-45(29-25-39)57(46-23-13-22-42(32-46)38-16-7-2-8-17-38)51-31-27-43(33-48(51)40-18-9-3-10-19-40)44-26-30-47-49-35-52-50(36-54(49)59-53(47)34-44)56-55(58-52)41-20-11-4-12-21-41/h1-36,55-56H. The van der Waals surface area contributed by atoms with Crippen LogP contribution in [0.1, 0.15) is 11.8 Å². The molecule has 0 fully saturated rings. The third kappa shape index (κ3) is 6.60. The second-order valence-electron chi connectivity index (χ2n) is 15.0. The van der Waals surface area contributed by atoms with Gasteiger partial charge >= 0.3 is 0 Å². The molecule has 59 heavy (non-hydrogen) atoms. The largest absolute Gasteiger partial charge is 0.464 e. The fourth-order valence-corrected chi connectivity index (χ4v) is 9.51. The minimum absolute atomic E-state index is 0.181. The summed E-state index contributed by atoms with van der Waals surface area (Å²) >= 11 is 1.83. The molecule has 280 valence electrons. The van der Waals surface area contributed by atoms with E-state index in [1.54, 1.807) is 0 Å². The van der Waals surface area contributed by atoms with Gasteiger partial charge in [0.15, 0.2) is 6.23 Å². The summed E-state index contributed by atoms with van der Waals surface area (Å²) < 4.78 is 8.90. The molecule has 11 rings (SSSR count). The van der Waals surface area contributed by atoms with Crippen molar-refractivity contribution in [1.82, 2.24) is 0 Å². The first-order valence-corrected chi connectivity index (χ1v) is 20.8. The lowest BCUT2D eigenvalue weighted by atomic mass is 9.95. The summed E-state index contributed by atoms with van der Waals surface area (Å²) in [7, 11) is 0. The van der Waals surface area contributed by atoms with E-state index in [9.17, 15) is 0 Å². The Hall–Kier alpha value is -7.40. The average molecular weight is 775 g/mol. The second kappa shape index (κ2) is 14.8. The van der Waals surface area contributed by atoms with Gasteiger partial charge in [-0.05, 0) is 93.5 Å². The number of hydrogen-bond acceptors (Lipinski definition) is 4. The van der Waals surface area contributed by atoms with Crippen molar-refractivity contribution >= 4 is 54.3 Å². The Balaban J connectivity index is 1.01. The molecule has 1 aliphatic heterocycles. The first kappa shape index (κ1) is 34.8. The summed E-state index contributed by atoms with van der Waals surface area (Å²) in [5.74, 6) is 0.895. The van der Waals surface area contributed by atoms with Gasteiger partial charge in [0.25, 0.3) is 0 Å². The molecule has 0 aliphatic carbocycles. The van der Waals surface area contributed by atoms with Crippen LogP contribution < -0.4 is 15.0 Å². The van der Waals surface area contributed by atoms with Crippen LogP contribution in [0.2, 0.25) is 0 Å². The number of nitrogens with zero attached hydrogens (tertiary/aromatic N) is 1. The lowest BCUT2D eigenvalue weighted by Crippen LogP contribution is -2.11. The van der Waals surface area contributed by atoms with E-state index in [2.05, 4.69) is 223 Å². The zero-order valence-corrected chi connectivity index (χ0v) is 32.9. The maximum Gasteiger partial charge on any atom is 0.196 e. The molecule has 0 saturated carbocycles. The number of anilines is 4. The maximum atomic E-state index is 6.41. The zero-order chi connectivity index (χ0) is 39.1. The van der Waals surface area contributed by atoms with Gasteiger partial charge in [-0.15, -0.1) is 11.3 Å². The molecule has 1 atom stereocenters. The van der Waals surface area contributed by atoms with Crippen LogP contribution in [-0.4, -0.2) is 0 Å². The van der Waals surface area contributed by atoms with Crippen LogP contribution >= 0.6 is 11.3 Å². The molecule has 0 bridgehead atoms. The molecule has 0 spiro atoms. The number of ether oxygens (including phenoxy) is 1. The quantitative estimate of drug-likeness (QED) is 0.166. The van der Waals surface area contributed by atoms with Crippen LogP contribution in [0.15, 0.2) is 218 Å². The van der Waals surface area contributed by atoms with Gasteiger partial charge in [-0.2, -0.15) is 0 Å². The number of fused-ring (bicyclic) bond motifs is 4. The number of benzene rings is 9. The normalized spacial score (nSPS) is 13.2. The highest BCUT2D eigenvalue weighted by molar-refractivity contribution is 7.25. The van der Waals surface area contributed by atoms with Crippen LogP contribution in [0.25, 0.3) is 64.7 Å². The first-order chi connectivity index (χ1) is 29.2. The Labute approximate surface area is 348 Å². The van der Waals surface area contributed by atoms with E-state index < -0.39 is 0 Å². The number of thiophene rings is 1. The summed E-state index contributed by atoms with van der Waals surface area (Å²) in [5, 5.41) is 6.05. The average Bonchev–Trinajstić information content (AvgIpc) is 3.90. The van der Waals surface area contributed by atoms with Gasteiger partial charge in [-0.3, -0.25) is 0 Å². The third-order valence-electron chi connectivity index (χ3n) is 11.3. The Bertz CT molecular complexity index is 3090. The molecule has 9 aromatic carbocycles. The Morgan fingerprint density at radius 2 is 0.966 bits per heavy atom. The van der Waals surface area contributed by atoms with Crippen molar-refractivity contribution in [3.63, 3.8) is 0 Å². The van der Waals surface area contributed by atoms with E-state index in [-0.39, 0.29) is 6.23 Å². The predicted molar refractivity (Wildman–Crippen MR) is 249 cm³/mol. The SMILES string of the molecule is c1ccc(-c2ccc(N(c3cccc(-c4ccccc4)c3)c3ccc(-c4ccc5c(c4)sc4cc6c(cc45)OC(c4ccccc4)N6)cc3-c3ccccc3)cc2)cc1. The zero-order valence-electron chi connectivity index (χ0n) is 32.1. The lowest BCUT2D eigenvalue weighted by Gasteiger charge is -2.29. The number of hydrogen-bond donors (Lipinski definition) is 1. The van der Waals surface area contributed by atoms with E-state index in [1.807, 2.05) is 17.4 Å². The van der Waals surface area contributed by atoms with E-state index >= 15 is 0 Å². The smallest absolute Gasteiger partial charge is 0.196 e. The van der Waals surface area contributed by atoms with Crippen LogP contribution in [0.5, 0.6) is 5.75 Å². The van der Waals surface area contributed by atoms with Gasteiger partial charge in [0.05, 0.1) is 11.4 Å². The highest BCUT2D eigenvalue weighted by Gasteiger charge is 2.25. The highest BCUT2D eigenvalue weighted by Crippen LogP contribution is 2.47. The molecule has 0 saturated heterocycles. The monoisotopic (exact) mass is 774 g/mol. The molecule has 1 aromatic heterocycles. The lowest BCUT2D eigenvalue weighted by molar-refractivity contribution is 0.260. The summed E-state index contributed by atoms with van der Waals surface area (Å²) in [6.45, 7) is 0. The fraction of sp³-hybridized carbons (Fsp3) is 0.0182. The summed E-state index contributed by atoms with van der Waals surface area (Å²) in [6.07, 6.45) is -0.181. The molecule has 4 heteroatoms. The third-order valence-corrected chi connectivity index (χ3v) is 12.4. The van der Waals surface area contributed by atoms with Gasteiger partial charge < -0.3 is 15.0 Å². The topological polar surface area (TPSA) is 24.5 Å². The van der Waals surface area contributed by atoms with Crippen molar-refractivity contribution in [1.29, 1.82) is 0 Å². The molecule has 1 N–H and O–H groups in total. The van der Waals surface area contributed by atoms with E-state index in [4.69, 9.17) is 4.74 Å². The Morgan fingerprint density at radius 1 is 0.407 bits per heavy atom. The van der Waals surface area contributed by atoms with E-state index in [0.717, 1.165) is 45.2 Å². The Morgan fingerprint density at radius 3 is 1.69 bits per heavy atom. The Kier molecular flexibility index (Phi) is 8.76. The minimum atomic E-state index is -0.181. The molecule has 0 radical (unpaired) electrons. The van der Waals surface area contributed by atoms with E-state index in [0.29, 0.717) is 0 Å². The summed E-state index contributed by atoms with van der Waals surface area (Å²) in [4.78, 5) is 2.40. The number of rotatable bonds is 8. The molecule has 2 heterocycles. The first-order valence-electron chi connectivity index (χ1n) is 20.0. The van der Waals surface area contributed by atoms with Crippen LogP contribution in [-0.2, 0) is 0 Å². The summed E-state index contributed by atoms with van der Waals surface area (Å²) in [6, 6.07) is 78.4. The maximum absolute atomic E-state index is 6.41. The highest BCUT2D eigenvalue weighted by atomic mass is 32.1. The molecule has 1 aliphatic rings. The van der Waals surface area contributed by atoms with E-state index in [1.165, 1.54) is 53.6 Å². The van der Waals surface area contributed by atoms with Crippen molar-refractivity contribution < 1.29 is 4.74 Å². The molecule has 10 aromatic rings. The van der Waals surface area contributed by atoms with Gasteiger partial charge in [0, 0.05) is 42.7 Å². The van der Waals surface area contributed by atoms with Gasteiger partial charge in [-0.1, -0.05) is 164 Å². The van der Waals surface area contributed by atoms with Crippen molar-refractivity contribution in [2.45, 2.75) is 6.23 Å². The molecule has 1 unspecified atom stereocenters. The molecule has 3 nitrogen and oxygen atoms in total. The second-order valence-corrected chi connectivity index (χ2v) is 16.1.